The zero-order chi connectivity index (χ0) is 16.9. The summed E-state index contributed by atoms with van der Waals surface area (Å²) in [6.45, 7) is 2.92. The van der Waals surface area contributed by atoms with Crippen LogP contribution in [0.3, 0.4) is 0 Å². The van der Waals surface area contributed by atoms with Crippen molar-refractivity contribution in [1.82, 2.24) is 5.32 Å². The number of methoxy groups -OCH3 is 1. The van der Waals surface area contributed by atoms with Crippen LogP contribution in [0.15, 0.2) is 18.2 Å². The molecule has 1 N–H and O–H groups in total. The molecule has 2 atom stereocenters. The van der Waals surface area contributed by atoms with Crippen LogP contribution in [0.5, 0.6) is 11.5 Å². The first-order valence-corrected chi connectivity index (χ1v) is 9.32. The van der Waals surface area contributed by atoms with Crippen molar-refractivity contribution in [2.45, 2.75) is 63.9 Å². The summed E-state index contributed by atoms with van der Waals surface area (Å²) < 4.78 is 11.9. The average molecular weight is 331 g/mol. The molecule has 4 heteroatoms. The van der Waals surface area contributed by atoms with E-state index in [1.54, 1.807) is 7.11 Å². The molecule has 1 aliphatic carbocycles. The second-order valence-corrected chi connectivity index (χ2v) is 7.08. The maximum absolute atomic E-state index is 11.5. The van der Waals surface area contributed by atoms with Crippen LogP contribution >= 0.6 is 0 Å². The van der Waals surface area contributed by atoms with Gasteiger partial charge in [-0.3, -0.25) is 4.79 Å². The molecule has 1 saturated heterocycles. The first-order valence-electron chi connectivity index (χ1n) is 9.32. The Kier molecular flexibility index (Phi) is 5.64. The molecule has 1 heterocycles. The highest BCUT2D eigenvalue weighted by Gasteiger charge is 2.27. The molecule has 2 aliphatic rings. The van der Waals surface area contributed by atoms with Crippen LogP contribution in [0.1, 0.15) is 63.4 Å². The summed E-state index contributed by atoms with van der Waals surface area (Å²) in [5, 5.41) is 2.91. The largest absolute Gasteiger partial charge is 0.493 e. The minimum absolute atomic E-state index is 0.131. The third kappa shape index (κ3) is 3.85. The molecule has 2 fully saturated rings. The molecule has 1 aliphatic heterocycles. The monoisotopic (exact) mass is 331 g/mol. The van der Waals surface area contributed by atoms with E-state index in [-0.39, 0.29) is 17.9 Å². The standard InChI is InChI=1S/C20H29NO3/c1-3-17(14-7-5-4-6-8-14)24-19-11-15(9-10-18(19)23-2)16-12-20(22)21-13-16/h9-11,14,16-17H,3-8,12-13H2,1-2H3,(H,21,22). The van der Waals surface area contributed by atoms with Crippen LogP contribution in [-0.4, -0.2) is 25.7 Å². The minimum atomic E-state index is 0.131. The summed E-state index contributed by atoms with van der Waals surface area (Å²) in [4.78, 5) is 11.5. The lowest BCUT2D eigenvalue weighted by atomic mass is 9.84. The number of nitrogens with one attached hydrogen (secondary N) is 1. The number of hydrogen-bond donors (Lipinski definition) is 1. The number of benzene rings is 1. The molecule has 0 radical (unpaired) electrons. The zero-order valence-corrected chi connectivity index (χ0v) is 14.8. The van der Waals surface area contributed by atoms with Crippen LogP contribution in [0.2, 0.25) is 0 Å². The van der Waals surface area contributed by atoms with Crippen molar-refractivity contribution in [1.29, 1.82) is 0 Å². The molecule has 24 heavy (non-hydrogen) atoms. The van der Waals surface area contributed by atoms with E-state index in [0.717, 1.165) is 23.5 Å². The Labute approximate surface area is 144 Å². The summed E-state index contributed by atoms with van der Waals surface area (Å²) in [5.74, 6) is 2.62. The smallest absolute Gasteiger partial charge is 0.220 e. The summed E-state index contributed by atoms with van der Waals surface area (Å²) in [5.41, 5.74) is 1.16. The molecule has 2 unspecified atom stereocenters. The van der Waals surface area contributed by atoms with Crippen LogP contribution in [0.25, 0.3) is 0 Å². The molecule has 1 aromatic carbocycles. The Morgan fingerprint density at radius 3 is 2.62 bits per heavy atom. The predicted molar refractivity (Wildman–Crippen MR) is 94.6 cm³/mol. The quantitative estimate of drug-likeness (QED) is 0.856. The van der Waals surface area contributed by atoms with Crippen LogP contribution in [-0.2, 0) is 4.79 Å². The highest BCUT2D eigenvalue weighted by molar-refractivity contribution is 5.79. The van der Waals surface area contributed by atoms with E-state index in [0.29, 0.717) is 18.9 Å². The fraction of sp³-hybridized carbons (Fsp3) is 0.650. The fourth-order valence-corrected chi connectivity index (χ4v) is 4.06. The molecule has 1 saturated carbocycles. The van der Waals surface area contributed by atoms with Crippen LogP contribution in [0, 0.1) is 5.92 Å². The normalized spacial score (nSPS) is 22.9. The Morgan fingerprint density at radius 2 is 2.00 bits per heavy atom. The fourth-order valence-electron chi connectivity index (χ4n) is 4.06. The molecule has 132 valence electrons. The Balaban J connectivity index is 1.77. The first-order chi connectivity index (χ1) is 11.7. The third-order valence-corrected chi connectivity index (χ3v) is 5.49. The maximum atomic E-state index is 11.5. The number of carbonyl (C=O) groups excluding carboxylic acids is 1. The van der Waals surface area contributed by atoms with Crippen molar-refractivity contribution < 1.29 is 14.3 Å². The summed E-state index contributed by atoms with van der Waals surface area (Å²) >= 11 is 0. The number of ether oxygens (including phenoxy) is 2. The van der Waals surface area contributed by atoms with Gasteiger partial charge in [0.15, 0.2) is 11.5 Å². The van der Waals surface area contributed by atoms with Crippen LogP contribution < -0.4 is 14.8 Å². The van der Waals surface area contributed by atoms with E-state index in [1.807, 2.05) is 6.07 Å². The van der Waals surface area contributed by atoms with E-state index in [1.165, 1.54) is 32.1 Å². The second-order valence-electron chi connectivity index (χ2n) is 7.08. The van der Waals surface area contributed by atoms with Gasteiger partial charge in [0.05, 0.1) is 7.11 Å². The number of amides is 1. The highest BCUT2D eigenvalue weighted by atomic mass is 16.5. The van der Waals surface area contributed by atoms with Crippen molar-refractivity contribution in [3.05, 3.63) is 23.8 Å². The second kappa shape index (κ2) is 7.91. The summed E-state index contributed by atoms with van der Waals surface area (Å²) in [6.07, 6.45) is 8.34. The third-order valence-electron chi connectivity index (χ3n) is 5.49. The van der Waals surface area contributed by atoms with E-state index in [2.05, 4.69) is 24.4 Å². The minimum Gasteiger partial charge on any atom is -0.493 e. The van der Waals surface area contributed by atoms with Gasteiger partial charge in [-0.15, -0.1) is 0 Å². The Bertz CT molecular complexity index is 566. The molecule has 0 spiro atoms. The van der Waals surface area contributed by atoms with Crippen LogP contribution in [0.4, 0.5) is 0 Å². The van der Waals surface area contributed by atoms with Crippen molar-refractivity contribution in [3.63, 3.8) is 0 Å². The Hall–Kier alpha value is -1.71. The zero-order valence-electron chi connectivity index (χ0n) is 14.8. The average Bonchev–Trinajstić information content (AvgIpc) is 3.06. The molecular formula is C20H29NO3. The van der Waals surface area contributed by atoms with Gasteiger partial charge in [-0.1, -0.05) is 32.3 Å². The summed E-state index contributed by atoms with van der Waals surface area (Å²) in [6, 6.07) is 6.11. The van der Waals surface area contributed by atoms with E-state index >= 15 is 0 Å². The van der Waals surface area contributed by atoms with E-state index in [9.17, 15) is 4.79 Å². The molecule has 0 bridgehead atoms. The molecular weight excluding hydrogens is 302 g/mol. The topological polar surface area (TPSA) is 47.6 Å². The number of hydrogen-bond acceptors (Lipinski definition) is 3. The molecule has 3 rings (SSSR count). The maximum Gasteiger partial charge on any atom is 0.220 e. The lowest BCUT2D eigenvalue weighted by Gasteiger charge is -2.30. The molecule has 1 amide bonds. The van der Waals surface area contributed by atoms with Gasteiger partial charge < -0.3 is 14.8 Å². The van der Waals surface area contributed by atoms with E-state index in [4.69, 9.17) is 9.47 Å². The van der Waals surface area contributed by atoms with Crippen molar-refractivity contribution in [2.24, 2.45) is 5.92 Å². The van der Waals surface area contributed by atoms with Gasteiger partial charge in [0.2, 0.25) is 5.91 Å². The highest BCUT2D eigenvalue weighted by Crippen LogP contribution is 2.36. The predicted octanol–water partition coefficient (Wildman–Crippen LogP) is 4.04. The summed E-state index contributed by atoms with van der Waals surface area (Å²) in [7, 11) is 1.68. The van der Waals surface area contributed by atoms with E-state index < -0.39 is 0 Å². The number of carbonyl (C=O) groups is 1. The van der Waals surface area contributed by atoms with Gasteiger partial charge in [-0.05, 0) is 42.9 Å². The van der Waals surface area contributed by atoms with Crippen molar-refractivity contribution >= 4 is 5.91 Å². The lowest BCUT2D eigenvalue weighted by Crippen LogP contribution is -2.28. The van der Waals surface area contributed by atoms with Gasteiger partial charge in [0.1, 0.15) is 6.10 Å². The molecule has 0 aromatic heterocycles. The van der Waals surface area contributed by atoms with Gasteiger partial charge in [0.25, 0.3) is 0 Å². The van der Waals surface area contributed by atoms with Crippen molar-refractivity contribution in [3.8, 4) is 11.5 Å². The SMILES string of the molecule is CCC(Oc1cc(C2CNC(=O)C2)ccc1OC)C1CCCCC1. The van der Waals surface area contributed by atoms with Gasteiger partial charge >= 0.3 is 0 Å². The molecule has 4 nitrogen and oxygen atoms in total. The van der Waals surface area contributed by atoms with Gasteiger partial charge in [0, 0.05) is 18.9 Å². The van der Waals surface area contributed by atoms with Gasteiger partial charge in [-0.2, -0.15) is 0 Å². The lowest BCUT2D eigenvalue weighted by molar-refractivity contribution is -0.119. The number of rotatable bonds is 6. The Morgan fingerprint density at radius 1 is 1.21 bits per heavy atom. The van der Waals surface area contributed by atoms with Gasteiger partial charge in [-0.25, -0.2) is 0 Å². The first kappa shape index (κ1) is 17.1. The molecule has 1 aromatic rings. The van der Waals surface area contributed by atoms with Crippen molar-refractivity contribution in [2.75, 3.05) is 13.7 Å².